The van der Waals surface area contributed by atoms with Gasteiger partial charge < -0.3 is 15.1 Å². The van der Waals surface area contributed by atoms with Gasteiger partial charge in [0.2, 0.25) is 11.8 Å². The average molecular weight is 329 g/mol. The molecule has 2 aliphatic rings. The Hall–Kier alpha value is -2.04. The van der Waals surface area contributed by atoms with Gasteiger partial charge in [-0.25, -0.2) is 0 Å². The highest BCUT2D eigenvalue weighted by atomic mass is 16.2. The Kier molecular flexibility index (Phi) is 5.07. The Morgan fingerprint density at radius 1 is 1.25 bits per heavy atom. The van der Waals surface area contributed by atoms with Crippen molar-refractivity contribution < 1.29 is 9.59 Å². The summed E-state index contributed by atoms with van der Waals surface area (Å²) < 4.78 is 0. The number of nitrogens with zero attached hydrogens (tertiary/aromatic N) is 2. The molecule has 5 heteroatoms. The number of benzene rings is 1. The van der Waals surface area contributed by atoms with E-state index in [1.807, 2.05) is 0 Å². The monoisotopic (exact) mass is 329 g/mol. The number of likely N-dealkylation sites (N-methyl/N-ethyl adjacent to an activating group) is 1. The largest absolute Gasteiger partial charge is 0.368 e. The number of anilines is 1. The predicted molar refractivity (Wildman–Crippen MR) is 95.0 cm³/mol. The summed E-state index contributed by atoms with van der Waals surface area (Å²) in [6, 6.07) is 9.05. The van der Waals surface area contributed by atoms with E-state index in [-0.39, 0.29) is 17.9 Å². The van der Waals surface area contributed by atoms with Gasteiger partial charge in [0.05, 0.1) is 0 Å². The van der Waals surface area contributed by atoms with Crippen LogP contribution in [0.4, 0.5) is 5.69 Å². The van der Waals surface area contributed by atoms with Crippen molar-refractivity contribution in [2.45, 2.75) is 51.1 Å². The van der Waals surface area contributed by atoms with E-state index in [0.717, 1.165) is 25.8 Å². The molecule has 24 heavy (non-hydrogen) atoms. The van der Waals surface area contributed by atoms with Crippen LogP contribution in [0.3, 0.4) is 0 Å². The highest BCUT2D eigenvalue weighted by Crippen LogP contribution is 2.30. The fraction of sp³-hybridized carbons (Fsp3) is 0.579. The van der Waals surface area contributed by atoms with Gasteiger partial charge in [-0.15, -0.1) is 0 Å². The van der Waals surface area contributed by atoms with Gasteiger partial charge in [-0.2, -0.15) is 0 Å². The maximum absolute atomic E-state index is 12.3. The summed E-state index contributed by atoms with van der Waals surface area (Å²) in [6.07, 6.45) is 4.01. The number of amides is 2. The van der Waals surface area contributed by atoms with Gasteiger partial charge >= 0.3 is 0 Å². The highest BCUT2D eigenvalue weighted by molar-refractivity contribution is 5.79. The summed E-state index contributed by atoms with van der Waals surface area (Å²) in [7, 11) is 1.80. The molecule has 2 atom stereocenters. The van der Waals surface area contributed by atoms with E-state index in [4.69, 9.17) is 0 Å². The number of nitrogens with one attached hydrogen (secondary N) is 1. The second-order valence-electron chi connectivity index (χ2n) is 7.04. The third kappa shape index (κ3) is 3.71. The molecule has 1 fully saturated rings. The minimum Gasteiger partial charge on any atom is -0.368 e. The Labute approximate surface area is 144 Å². The molecule has 2 aliphatic heterocycles. The fourth-order valence-electron chi connectivity index (χ4n) is 3.75. The maximum Gasteiger partial charge on any atom is 0.222 e. The van der Waals surface area contributed by atoms with Crippen LogP contribution in [-0.4, -0.2) is 48.9 Å². The predicted octanol–water partition coefficient (Wildman–Crippen LogP) is 1.95. The number of carbonyl (C=O) groups is 2. The molecule has 1 saturated heterocycles. The number of fused-ring (bicyclic) bond motifs is 1. The molecule has 0 unspecified atom stereocenters. The summed E-state index contributed by atoms with van der Waals surface area (Å²) in [4.78, 5) is 27.9. The lowest BCUT2D eigenvalue weighted by Gasteiger charge is -2.37. The molecule has 0 spiro atoms. The molecule has 5 nitrogen and oxygen atoms in total. The van der Waals surface area contributed by atoms with Crippen LogP contribution in [-0.2, 0) is 16.0 Å². The highest BCUT2D eigenvalue weighted by Gasteiger charge is 2.26. The van der Waals surface area contributed by atoms with Crippen molar-refractivity contribution in [2.75, 3.05) is 25.0 Å². The summed E-state index contributed by atoms with van der Waals surface area (Å²) in [5.41, 5.74) is 2.65. The van der Waals surface area contributed by atoms with Crippen molar-refractivity contribution in [3.05, 3.63) is 29.8 Å². The normalized spacial score (nSPS) is 23.8. The van der Waals surface area contributed by atoms with Gasteiger partial charge in [0.25, 0.3) is 0 Å². The summed E-state index contributed by atoms with van der Waals surface area (Å²) in [6.45, 7) is 3.59. The first kappa shape index (κ1) is 16.8. The van der Waals surface area contributed by atoms with E-state index in [9.17, 15) is 9.59 Å². The number of carbonyl (C=O) groups excluding carboxylic acids is 2. The van der Waals surface area contributed by atoms with Crippen molar-refractivity contribution in [1.82, 2.24) is 10.2 Å². The molecule has 130 valence electrons. The van der Waals surface area contributed by atoms with Crippen LogP contribution in [0.5, 0.6) is 0 Å². The lowest BCUT2D eigenvalue weighted by molar-refractivity contribution is -0.133. The van der Waals surface area contributed by atoms with Crippen LogP contribution in [0.15, 0.2) is 24.3 Å². The molecule has 1 aromatic rings. The van der Waals surface area contributed by atoms with Crippen LogP contribution >= 0.6 is 0 Å². The topological polar surface area (TPSA) is 52.7 Å². The molecular formula is C19H27N3O2. The van der Waals surface area contributed by atoms with Gasteiger partial charge in [0, 0.05) is 50.7 Å². The number of likely N-dealkylation sites (tertiary alicyclic amines) is 1. The molecule has 0 aliphatic carbocycles. The zero-order valence-corrected chi connectivity index (χ0v) is 14.6. The number of hydrogen-bond acceptors (Lipinski definition) is 3. The fourth-order valence-corrected chi connectivity index (χ4v) is 3.75. The van der Waals surface area contributed by atoms with Gasteiger partial charge in [-0.05, 0) is 37.8 Å². The van der Waals surface area contributed by atoms with Crippen molar-refractivity contribution >= 4 is 17.5 Å². The molecule has 2 heterocycles. The minimum absolute atomic E-state index is 0.0815. The van der Waals surface area contributed by atoms with E-state index in [2.05, 4.69) is 41.4 Å². The Morgan fingerprint density at radius 2 is 2.04 bits per heavy atom. The zero-order valence-electron chi connectivity index (χ0n) is 14.6. The maximum atomic E-state index is 12.3. The second-order valence-corrected chi connectivity index (χ2v) is 7.04. The van der Waals surface area contributed by atoms with E-state index < -0.39 is 0 Å². The van der Waals surface area contributed by atoms with Crippen LogP contribution in [0.1, 0.15) is 38.2 Å². The number of rotatable bonds is 4. The van der Waals surface area contributed by atoms with Crippen molar-refractivity contribution in [2.24, 2.45) is 0 Å². The number of hydrogen-bond donors (Lipinski definition) is 1. The number of piperidine rings is 1. The second kappa shape index (κ2) is 7.24. The SMILES string of the molecule is C[C@H]1CCc2ccccc2N1CCC(=O)N[C@H]1CCC(=O)N(C)C1. The van der Waals surface area contributed by atoms with Crippen molar-refractivity contribution in [3.63, 3.8) is 0 Å². The molecule has 0 bridgehead atoms. The van der Waals surface area contributed by atoms with Gasteiger partial charge in [0.1, 0.15) is 0 Å². The first-order chi connectivity index (χ1) is 11.5. The van der Waals surface area contributed by atoms with Gasteiger partial charge in [-0.3, -0.25) is 9.59 Å². The summed E-state index contributed by atoms with van der Waals surface area (Å²) in [5, 5.41) is 3.09. The average Bonchev–Trinajstić information content (AvgIpc) is 2.57. The van der Waals surface area contributed by atoms with E-state index in [0.29, 0.717) is 25.4 Å². The first-order valence-electron chi connectivity index (χ1n) is 8.92. The molecule has 0 radical (unpaired) electrons. The quantitative estimate of drug-likeness (QED) is 0.919. The Balaban J connectivity index is 1.54. The molecule has 3 rings (SSSR count). The Morgan fingerprint density at radius 3 is 2.83 bits per heavy atom. The third-order valence-corrected chi connectivity index (χ3v) is 5.24. The van der Waals surface area contributed by atoms with Crippen LogP contribution < -0.4 is 10.2 Å². The molecule has 1 N–H and O–H groups in total. The molecule has 0 saturated carbocycles. The molecule has 1 aromatic carbocycles. The third-order valence-electron chi connectivity index (χ3n) is 5.24. The van der Waals surface area contributed by atoms with Crippen LogP contribution in [0.2, 0.25) is 0 Å². The molecule has 0 aromatic heterocycles. The Bertz CT molecular complexity index is 616. The van der Waals surface area contributed by atoms with Crippen LogP contribution in [0.25, 0.3) is 0 Å². The lowest BCUT2D eigenvalue weighted by Crippen LogP contribution is -2.49. The van der Waals surface area contributed by atoms with E-state index in [1.165, 1.54) is 11.3 Å². The zero-order chi connectivity index (χ0) is 17.1. The van der Waals surface area contributed by atoms with Crippen molar-refractivity contribution in [1.29, 1.82) is 0 Å². The molecular weight excluding hydrogens is 302 g/mol. The summed E-state index contributed by atoms with van der Waals surface area (Å²) in [5.74, 6) is 0.247. The lowest BCUT2D eigenvalue weighted by atomic mass is 9.96. The minimum atomic E-state index is 0.0815. The number of para-hydroxylation sites is 1. The van der Waals surface area contributed by atoms with Crippen molar-refractivity contribution in [3.8, 4) is 0 Å². The number of aryl methyl sites for hydroxylation is 1. The standard InChI is InChI=1S/C19H27N3O2/c1-14-7-8-15-5-3-4-6-17(15)22(14)12-11-18(23)20-16-9-10-19(24)21(2)13-16/h3-6,14,16H,7-13H2,1-2H3,(H,20,23)/t14-,16-/m0/s1. The van der Waals surface area contributed by atoms with Gasteiger partial charge in [-0.1, -0.05) is 18.2 Å². The molecule has 2 amide bonds. The van der Waals surface area contributed by atoms with E-state index >= 15 is 0 Å². The summed E-state index contributed by atoms with van der Waals surface area (Å²) >= 11 is 0. The van der Waals surface area contributed by atoms with Crippen LogP contribution in [0, 0.1) is 0 Å². The van der Waals surface area contributed by atoms with E-state index in [1.54, 1.807) is 11.9 Å². The van der Waals surface area contributed by atoms with Gasteiger partial charge in [0.15, 0.2) is 0 Å². The smallest absolute Gasteiger partial charge is 0.222 e. The first-order valence-corrected chi connectivity index (χ1v) is 8.92.